The summed E-state index contributed by atoms with van der Waals surface area (Å²) in [7, 11) is 0. The summed E-state index contributed by atoms with van der Waals surface area (Å²) in [5.74, 6) is 0.252. The lowest BCUT2D eigenvalue weighted by molar-refractivity contribution is -0.139. The number of carbonyl (C=O) groups excluding carboxylic acids is 1. The number of hydrogen-bond acceptors (Lipinski definition) is 4. The van der Waals surface area contributed by atoms with Crippen LogP contribution < -0.4 is 4.74 Å². The first-order valence-corrected chi connectivity index (χ1v) is 10.3. The third-order valence-corrected chi connectivity index (χ3v) is 4.97. The van der Waals surface area contributed by atoms with Gasteiger partial charge in [-0.05, 0) is 54.2 Å². The number of aryl methyl sites for hydroxylation is 1. The molecule has 0 amide bonds. The third-order valence-electron chi connectivity index (χ3n) is 4.97. The molecule has 4 nitrogen and oxygen atoms in total. The van der Waals surface area contributed by atoms with Crippen molar-refractivity contribution in [2.75, 3.05) is 19.8 Å². The molecule has 0 unspecified atom stereocenters. The number of hydrogen-bond donors (Lipinski definition) is 1. The van der Waals surface area contributed by atoms with E-state index in [1.165, 1.54) is 11.1 Å². The zero-order valence-corrected chi connectivity index (χ0v) is 18.1. The Morgan fingerprint density at radius 3 is 2.00 bits per heavy atom. The zero-order chi connectivity index (χ0) is 22.2. The maximum absolute atomic E-state index is 11.5. The van der Waals surface area contributed by atoms with Gasteiger partial charge < -0.3 is 14.6 Å². The topological polar surface area (TPSA) is 55.8 Å². The Kier molecular flexibility index (Phi) is 7.63. The van der Waals surface area contributed by atoms with Crippen LogP contribution in [0.25, 0.3) is 22.3 Å². The summed E-state index contributed by atoms with van der Waals surface area (Å²) in [5, 5.41) is 9.36. The summed E-state index contributed by atoms with van der Waals surface area (Å²) in [5.41, 5.74) is 6.95. The van der Waals surface area contributed by atoms with Crippen LogP contribution in [-0.2, 0) is 16.0 Å². The highest BCUT2D eigenvalue weighted by atomic mass is 16.6. The first kappa shape index (κ1) is 22.3. The van der Waals surface area contributed by atoms with Gasteiger partial charge in [0.25, 0.3) is 0 Å². The van der Waals surface area contributed by atoms with Gasteiger partial charge in [-0.2, -0.15) is 0 Å². The Bertz CT molecular complexity index is 1030. The standard InChI is InChI=1S/C27H28O4/c1-19(2)27(29)31-17-16-30-26-18-25(13-12-24(26)14-15-28)23-10-8-22(9-11-23)21-6-4-20(3)5-7-21/h4-13,18,28H,1,14-17H2,2-3H3. The second-order valence-electron chi connectivity index (χ2n) is 7.50. The lowest BCUT2D eigenvalue weighted by atomic mass is 9.98. The van der Waals surface area contributed by atoms with E-state index in [9.17, 15) is 9.90 Å². The molecule has 0 atom stereocenters. The van der Waals surface area contributed by atoms with Crippen LogP contribution >= 0.6 is 0 Å². The van der Waals surface area contributed by atoms with E-state index < -0.39 is 5.97 Å². The fourth-order valence-corrected chi connectivity index (χ4v) is 3.21. The maximum atomic E-state index is 11.5. The van der Waals surface area contributed by atoms with Crippen molar-refractivity contribution in [1.29, 1.82) is 0 Å². The molecule has 0 aliphatic heterocycles. The van der Waals surface area contributed by atoms with Crippen LogP contribution in [0.2, 0.25) is 0 Å². The zero-order valence-electron chi connectivity index (χ0n) is 18.1. The molecule has 3 aromatic rings. The van der Waals surface area contributed by atoms with Crippen molar-refractivity contribution >= 4 is 5.97 Å². The number of ether oxygens (including phenoxy) is 2. The molecule has 0 saturated heterocycles. The van der Waals surface area contributed by atoms with Gasteiger partial charge in [-0.3, -0.25) is 0 Å². The van der Waals surface area contributed by atoms with E-state index in [1.54, 1.807) is 6.92 Å². The van der Waals surface area contributed by atoms with Crippen LogP contribution in [0.3, 0.4) is 0 Å². The van der Waals surface area contributed by atoms with Crippen molar-refractivity contribution in [3.63, 3.8) is 0 Å². The SMILES string of the molecule is C=C(C)C(=O)OCCOc1cc(-c2ccc(-c3ccc(C)cc3)cc2)ccc1CCO. The van der Waals surface area contributed by atoms with Crippen molar-refractivity contribution in [3.8, 4) is 28.0 Å². The number of aliphatic hydroxyl groups is 1. The molecule has 0 bridgehead atoms. The molecule has 3 aromatic carbocycles. The third kappa shape index (κ3) is 6.06. The first-order chi connectivity index (χ1) is 15.0. The van der Waals surface area contributed by atoms with E-state index >= 15 is 0 Å². The van der Waals surface area contributed by atoms with E-state index in [4.69, 9.17) is 9.47 Å². The number of carbonyl (C=O) groups is 1. The molecule has 1 N–H and O–H groups in total. The smallest absolute Gasteiger partial charge is 0.333 e. The molecule has 0 spiro atoms. The van der Waals surface area contributed by atoms with Gasteiger partial charge >= 0.3 is 5.97 Å². The molecule has 0 radical (unpaired) electrons. The van der Waals surface area contributed by atoms with E-state index in [1.807, 2.05) is 18.2 Å². The van der Waals surface area contributed by atoms with Gasteiger partial charge in [-0.1, -0.05) is 72.8 Å². The van der Waals surface area contributed by atoms with Crippen molar-refractivity contribution in [3.05, 3.63) is 90.0 Å². The normalized spacial score (nSPS) is 10.5. The van der Waals surface area contributed by atoms with E-state index in [0.717, 1.165) is 22.3 Å². The average molecular weight is 417 g/mol. The van der Waals surface area contributed by atoms with Crippen LogP contribution in [0, 0.1) is 6.92 Å². The Balaban J connectivity index is 1.75. The van der Waals surface area contributed by atoms with Crippen LogP contribution in [0.15, 0.2) is 78.9 Å². The van der Waals surface area contributed by atoms with Crippen molar-refractivity contribution in [1.82, 2.24) is 0 Å². The number of benzene rings is 3. The Morgan fingerprint density at radius 2 is 1.42 bits per heavy atom. The minimum absolute atomic E-state index is 0.0333. The van der Waals surface area contributed by atoms with Gasteiger partial charge in [0.15, 0.2) is 0 Å². The van der Waals surface area contributed by atoms with Gasteiger partial charge in [0.05, 0.1) is 0 Å². The monoisotopic (exact) mass is 416 g/mol. The van der Waals surface area contributed by atoms with Gasteiger partial charge in [-0.25, -0.2) is 4.79 Å². The number of esters is 1. The Labute approximate surface area is 183 Å². The molecule has 0 aliphatic rings. The molecule has 0 aromatic heterocycles. The summed E-state index contributed by atoms with van der Waals surface area (Å²) in [6.45, 7) is 7.65. The molecule has 0 aliphatic carbocycles. The first-order valence-electron chi connectivity index (χ1n) is 10.3. The minimum Gasteiger partial charge on any atom is -0.490 e. The molecule has 0 saturated carbocycles. The second-order valence-corrected chi connectivity index (χ2v) is 7.50. The number of aliphatic hydroxyl groups excluding tert-OH is 1. The van der Waals surface area contributed by atoms with Crippen molar-refractivity contribution < 1.29 is 19.4 Å². The predicted molar refractivity (Wildman–Crippen MR) is 124 cm³/mol. The Morgan fingerprint density at radius 1 is 0.871 bits per heavy atom. The van der Waals surface area contributed by atoms with Crippen molar-refractivity contribution in [2.24, 2.45) is 0 Å². The summed E-state index contributed by atoms with van der Waals surface area (Å²) in [6.07, 6.45) is 0.494. The molecule has 0 fully saturated rings. The molecule has 0 heterocycles. The van der Waals surface area contributed by atoms with Gasteiger partial charge in [-0.15, -0.1) is 0 Å². The van der Waals surface area contributed by atoms with E-state index in [-0.39, 0.29) is 19.8 Å². The Hall–Kier alpha value is -3.37. The summed E-state index contributed by atoms with van der Waals surface area (Å²) in [6, 6.07) is 22.8. The highest BCUT2D eigenvalue weighted by Gasteiger charge is 2.09. The molecule has 3 rings (SSSR count). The molecule has 4 heteroatoms. The minimum atomic E-state index is -0.429. The largest absolute Gasteiger partial charge is 0.490 e. The average Bonchev–Trinajstić information content (AvgIpc) is 2.78. The number of rotatable bonds is 9. The summed E-state index contributed by atoms with van der Waals surface area (Å²) in [4.78, 5) is 11.5. The van der Waals surface area contributed by atoms with Crippen LogP contribution in [0.4, 0.5) is 0 Å². The predicted octanol–water partition coefficient (Wildman–Crippen LogP) is 5.36. The van der Waals surface area contributed by atoms with Crippen LogP contribution in [0.5, 0.6) is 5.75 Å². The lowest BCUT2D eigenvalue weighted by Crippen LogP contribution is -2.13. The van der Waals surface area contributed by atoms with Crippen LogP contribution in [-0.4, -0.2) is 30.9 Å². The molecular formula is C27H28O4. The van der Waals surface area contributed by atoms with Gasteiger partial charge in [0, 0.05) is 12.2 Å². The molecule has 160 valence electrons. The van der Waals surface area contributed by atoms with Crippen LogP contribution in [0.1, 0.15) is 18.1 Å². The summed E-state index contributed by atoms with van der Waals surface area (Å²) < 4.78 is 11.0. The second kappa shape index (κ2) is 10.6. The maximum Gasteiger partial charge on any atom is 0.333 e. The van der Waals surface area contributed by atoms with Gasteiger partial charge in [0.2, 0.25) is 0 Å². The van der Waals surface area contributed by atoms with Gasteiger partial charge in [0.1, 0.15) is 19.0 Å². The highest BCUT2D eigenvalue weighted by molar-refractivity contribution is 5.86. The fourth-order valence-electron chi connectivity index (χ4n) is 3.21. The van der Waals surface area contributed by atoms with E-state index in [0.29, 0.717) is 17.7 Å². The lowest BCUT2D eigenvalue weighted by Gasteiger charge is -2.14. The summed E-state index contributed by atoms with van der Waals surface area (Å²) >= 11 is 0. The van der Waals surface area contributed by atoms with E-state index in [2.05, 4.69) is 62.0 Å². The fraction of sp³-hybridized carbons (Fsp3) is 0.222. The molecular weight excluding hydrogens is 388 g/mol. The quantitative estimate of drug-likeness (QED) is 0.290. The molecule has 31 heavy (non-hydrogen) atoms. The highest BCUT2D eigenvalue weighted by Crippen LogP contribution is 2.30. The van der Waals surface area contributed by atoms with Crippen molar-refractivity contribution in [2.45, 2.75) is 20.3 Å².